The van der Waals surface area contributed by atoms with E-state index in [0.717, 1.165) is 0 Å². The lowest BCUT2D eigenvalue weighted by Gasteiger charge is -2.05. The van der Waals surface area contributed by atoms with Gasteiger partial charge in [-0.1, -0.05) is 15.9 Å². The van der Waals surface area contributed by atoms with Gasteiger partial charge in [-0.15, -0.1) is 0 Å². The standard InChI is InChI=1S/C11H6Br2FNO2/c12-6-1-2-8(14)9(5-6)15-11(16)7-3-4-17-10(7)13/h1-5H,(H,15,16). The Labute approximate surface area is 113 Å². The fourth-order valence-corrected chi connectivity index (χ4v) is 2.02. The number of carbonyl (C=O) groups is 1. The predicted octanol–water partition coefficient (Wildman–Crippen LogP) is 4.20. The van der Waals surface area contributed by atoms with Crippen LogP contribution in [-0.4, -0.2) is 5.91 Å². The van der Waals surface area contributed by atoms with Crippen molar-refractivity contribution in [3.63, 3.8) is 0 Å². The molecular formula is C11H6Br2FNO2. The molecule has 0 aliphatic heterocycles. The van der Waals surface area contributed by atoms with Crippen molar-refractivity contribution in [2.24, 2.45) is 0 Å². The zero-order valence-corrected chi connectivity index (χ0v) is 11.5. The predicted molar refractivity (Wildman–Crippen MR) is 68.5 cm³/mol. The Kier molecular flexibility index (Phi) is 3.63. The van der Waals surface area contributed by atoms with Crippen LogP contribution in [0.25, 0.3) is 0 Å². The summed E-state index contributed by atoms with van der Waals surface area (Å²) in [4.78, 5) is 11.8. The summed E-state index contributed by atoms with van der Waals surface area (Å²) in [7, 11) is 0. The molecule has 88 valence electrons. The highest BCUT2D eigenvalue weighted by molar-refractivity contribution is 9.10. The van der Waals surface area contributed by atoms with Gasteiger partial charge in [0.05, 0.1) is 17.5 Å². The van der Waals surface area contributed by atoms with Crippen molar-refractivity contribution in [1.29, 1.82) is 0 Å². The number of anilines is 1. The molecule has 0 saturated carbocycles. The molecule has 1 aromatic carbocycles. The van der Waals surface area contributed by atoms with Crippen LogP contribution < -0.4 is 5.32 Å². The number of hydrogen-bond donors (Lipinski definition) is 1. The molecule has 1 aromatic heterocycles. The van der Waals surface area contributed by atoms with Crippen LogP contribution in [0.15, 0.2) is 44.1 Å². The van der Waals surface area contributed by atoms with Crippen molar-refractivity contribution in [3.8, 4) is 0 Å². The molecule has 1 heterocycles. The Morgan fingerprint density at radius 2 is 2.06 bits per heavy atom. The van der Waals surface area contributed by atoms with Gasteiger partial charge in [0.1, 0.15) is 5.82 Å². The van der Waals surface area contributed by atoms with Gasteiger partial charge >= 0.3 is 0 Å². The van der Waals surface area contributed by atoms with Crippen LogP contribution in [0.3, 0.4) is 0 Å². The van der Waals surface area contributed by atoms with Crippen LogP contribution in [-0.2, 0) is 0 Å². The molecule has 17 heavy (non-hydrogen) atoms. The first-order valence-corrected chi connectivity index (χ1v) is 6.16. The molecule has 0 bridgehead atoms. The largest absolute Gasteiger partial charge is 0.457 e. The molecule has 0 aliphatic rings. The summed E-state index contributed by atoms with van der Waals surface area (Å²) >= 11 is 6.29. The topological polar surface area (TPSA) is 42.2 Å². The Morgan fingerprint density at radius 3 is 2.71 bits per heavy atom. The fourth-order valence-electron chi connectivity index (χ4n) is 1.24. The summed E-state index contributed by atoms with van der Waals surface area (Å²) in [6.45, 7) is 0. The number of rotatable bonds is 2. The molecule has 0 atom stereocenters. The van der Waals surface area contributed by atoms with E-state index in [9.17, 15) is 9.18 Å². The normalized spacial score (nSPS) is 10.3. The van der Waals surface area contributed by atoms with Crippen molar-refractivity contribution >= 4 is 43.5 Å². The first-order valence-electron chi connectivity index (χ1n) is 4.57. The van der Waals surface area contributed by atoms with Crippen molar-refractivity contribution in [2.45, 2.75) is 0 Å². The maximum Gasteiger partial charge on any atom is 0.260 e. The summed E-state index contributed by atoms with van der Waals surface area (Å²) in [5, 5.41) is 2.46. The van der Waals surface area contributed by atoms with Crippen LogP contribution in [0.1, 0.15) is 10.4 Å². The number of halogens is 3. The monoisotopic (exact) mass is 361 g/mol. The molecule has 1 amide bonds. The van der Waals surface area contributed by atoms with Crippen LogP contribution in [0.5, 0.6) is 0 Å². The van der Waals surface area contributed by atoms with E-state index in [1.54, 1.807) is 6.07 Å². The first-order chi connectivity index (χ1) is 8.08. The van der Waals surface area contributed by atoms with Crippen molar-refractivity contribution in [3.05, 3.63) is 51.1 Å². The second-order valence-corrected chi connectivity index (χ2v) is 4.82. The van der Waals surface area contributed by atoms with E-state index >= 15 is 0 Å². The van der Waals surface area contributed by atoms with Crippen molar-refractivity contribution in [1.82, 2.24) is 0 Å². The molecule has 0 spiro atoms. The summed E-state index contributed by atoms with van der Waals surface area (Å²) < 4.78 is 19.3. The average Bonchev–Trinajstić information content (AvgIpc) is 2.70. The molecule has 0 unspecified atom stereocenters. The molecule has 0 saturated heterocycles. The highest BCUT2D eigenvalue weighted by Crippen LogP contribution is 2.23. The number of furan rings is 1. The van der Waals surface area contributed by atoms with Gasteiger partial charge in [0.2, 0.25) is 0 Å². The zero-order chi connectivity index (χ0) is 12.4. The van der Waals surface area contributed by atoms with Gasteiger partial charge in [-0.2, -0.15) is 0 Å². The molecule has 1 N–H and O–H groups in total. The minimum Gasteiger partial charge on any atom is -0.457 e. The van der Waals surface area contributed by atoms with Crippen molar-refractivity contribution in [2.75, 3.05) is 5.32 Å². The molecule has 6 heteroatoms. The molecule has 3 nitrogen and oxygen atoms in total. The van der Waals surface area contributed by atoms with E-state index in [0.29, 0.717) is 14.7 Å². The Balaban J connectivity index is 2.24. The van der Waals surface area contributed by atoms with Crippen LogP contribution in [0.2, 0.25) is 0 Å². The Hall–Kier alpha value is -1.14. The third-order valence-electron chi connectivity index (χ3n) is 2.04. The van der Waals surface area contributed by atoms with Gasteiger partial charge in [0.25, 0.3) is 5.91 Å². The van der Waals surface area contributed by atoms with Crippen LogP contribution in [0.4, 0.5) is 10.1 Å². The number of benzene rings is 1. The smallest absolute Gasteiger partial charge is 0.260 e. The van der Waals surface area contributed by atoms with E-state index in [4.69, 9.17) is 4.42 Å². The van der Waals surface area contributed by atoms with Gasteiger partial charge in [-0.05, 0) is 40.2 Å². The molecule has 2 aromatic rings. The lowest BCUT2D eigenvalue weighted by atomic mass is 10.2. The molecule has 0 fully saturated rings. The van der Waals surface area contributed by atoms with E-state index < -0.39 is 11.7 Å². The number of nitrogens with one attached hydrogen (secondary N) is 1. The Morgan fingerprint density at radius 1 is 1.29 bits per heavy atom. The highest BCUT2D eigenvalue weighted by Gasteiger charge is 2.14. The van der Waals surface area contributed by atoms with E-state index in [1.807, 2.05) is 0 Å². The highest BCUT2D eigenvalue weighted by atomic mass is 79.9. The Bertz CT molecular complexity index is 568. The van der Waals surface area contributed by atoms with Gasteiger partial charge in [0.15, 0.2) is 4.67 Å². The lowest BCUT2D eigenvalue weighted by Crippen LogP contribution is -2.12. The van der Waals surface area contributed by atoms with Gasteiger partial charge in [-0.3, -0.25) is 4.79 Å². The summed E-state index contributed by atoms with van der Waals surface area (Å²) in [5.74, 6) is -0.941. The van der Waals surface area contributed by atoms with Gasteiger partial charge in [0, 0.05) is 4.47 Å². The van der Waals surface area contributed by atoms with Crippen molar-refractivity contribution < 1.29 is 13.6 Å². The van der Waals surface area contributed by atoms with E-state index in [-0.39, 0.29) is 5.69 Å². The third kappa shape index (κ3) is 2.76. The quantitative estimate of drug-likeness (QED) is 0.870. The summed E-state index contributed by atoms with van der Waals surface area (Å²) in [6, 6.07) is 5.80. The molecule has 2 rings (SSSR count). The first kappa shape index (κ1) is 12.3. The summed E-state index contributed by atoms with van der Waals surface area (Å²) in [6.07, 6.45) is 1.37. The molecule has 0 radical (unpaired) electrons. The minimum absolute atomic E-state index is 0.109. The molecular weight excluding hydrogens is 357 g/mol. The number of carbonyl (C=O) groups excluding carboxylic acids is 1. The van der Waals surface area contributed by atoms with Gasteiger partial charge in [-0.25, -0.2) is 4.39 Å². The second kappa shape index (κ2) is 5.01. The maximum atomic E-state index is 13.4. The number of amides is 1. The van der Waals surface area contributed by atoms with Gasteiger partial charge < -0.3 is 9.73 Å². The van der Waals surface area contributed by atoms with E-state index in [2.05, 4.69) is 37.2 Å². The lowest BCUT2D eigenvalue weighted by molar-refractivity contribution is 0.102. The number of hydrogen-bond acceptors (Lipinski definition) is 2. The molecule has 0 aliphatic carbocycles. The van der Waals surface area contributed by atoms with Crippen LogP contribution in [0, 0.1) is 5.82 Å². The van der Waals surface area contributed by atoms with E-state index in [1.165, 1.54) is 24.5 Å². The summed E-state index contributed by atoms with van der Waals surface area (Å²) in [5.41, 5.74) is 0.418. The van der Waals surface area contributed by atoms with Crippen LogP contribution >= 0.6 is 31.9 Å². The maximum absolute atomic E-state index is 13.4. The SMILES string of the molecule is O=C(Nc1cc(Br)ccc1F)c1ccoc1Br. The average molecular weight is 363 g/mol. The fraction of sp³-hybridized carbons (Fsp3) is 0. The zero-order valence-electron chi connectivity index (χ0n) is 8.34. The minimum atomic E-state index is -0.499. The third-order valence-corrected chi connectivity index (χ3v) is 3.15. The second-order valence-electron chi connectivity index (χ2n) is 3.19.